The number of hydrogen-bond donors (Lipinski definition) is 2. The van der Waals surface area contributed by atoms with Crippen molar-refractivity contribution in [3.63, 3.8) is 0 Å². The van der Waals surface area contributed by atoms with E-state index < -0.39 is 10.5 Å². The van der Waals surface area contributed by atoms with Crippen LogP contribution in [0.15, 0.2) is 22.7 Å². The molecule has 0 atom stereocenters. The lowest BCUT2D eigenvalue weighted by Crippen LogP contribution is -2.40. The van der Waals surface area contributed by atoms with Gasteiger partial charge in [0.2, 0.25) is 0 Å². The number of benzene rings is 1. The first kappa shape index (κ1) is 15.3. The molecule has 2 N–H and O–H groups in total. The van der Waals surface area contributed by atoms with Gasteiger partial charge in [0.1, 0.15) is 5.69 Å². The van der Waals surface area contributed by atoms with Crippen LogP contribution in [-0.2, 0) is 0 Å². The molecule has 1 saturated carbocycles. The largest absolute Gasteiger partial charge is 0.388 e. The third-order valence-corrected chi connectivity index (χ3v) is 4.46. The molecule has 0 heterocycles. The summed E-state index contributed by atoms with van der Waals surface area (Å²) in [4.78, 5) is 10.6. The monoisotopic (exact) mass is 342 g/mol. The number of anilines is 1. The van der Waals surface area contributed by atoms with Crippen LogP contribution in [0.3, 0.4) is 0 Å². The summed E-state index contributed by atoms with van der Waals surface area (Å²) in [5.74, 6) is 0.650. The third kappa shape index (κ3) is 3.70. The van der Waals surface area contributed by atoms with Crippen LogP contribution >= 0.6 is 15.9 Å². The van der Waals surface area contributed by atoms with Crippen LogP contribution in [-0.4, -0.2) is 22.2 Å². The standard InChI is InChI=1S/C14H19BrN2O3/c1-10-4-6-14(18,7-5-10)9-16-12-3-2-11(15)8-13(12)17(19)20/h2-3,8,10,16,18H,4-7,9H2,1H3. The number of hydrogen-bond acceptors (Lipinski definition) is 4. The van der Waals surface area contributed by atoms with Crippen molar-refractivity contribution < 1.29 is 10.0 Å². The van der Waals surface area contributed by atoms with E-state index in [1.165, 1.54) is 6.07 Å². The van der Waals surface area contributed by atoms with E-state index in [-0.39, 0.29) is 5.69 Å². The molecule has 1 fully saturated rings. The van der Waals surface area contributed by atoms with Gasteiger partial charge < -0.3 is 10.4 Å². The van der Waals surface area contributed by atoms with Crippen LogP contribution in [0, 0.1) is 16.0 Å². The van der Waals surface area contributed by atoms with E-state index in [0.717, 1.165) is 25.7 Å². The van der Waals surface area contributed by atoms with Gasteiger partial charge in [-0.05, 0) is 43.7 Å². The third-order valence-electron chi connectivity index (χ3n) is 3.97. The summed E-state index contributed by atoms with van der Waals surface area (Å²) < 4.78 is 0.667. The Bertz CT molecular complexity index is 499. The highest BCUT2D eigenvalue weighted by Crippen LogP contribution is 2.33. The number of nitrogens with one attached hydrogen (secondary N) is 1. The molecule has 5 nitrogen and oxygen atoms in total. The van der Waals surface area contributed by atoms with Crippen LogP contribution in [0.25, 0.3) is 0 Å². The summed E-state index contributed by atoms with van der Waals surface area (Å²) in [6, 6.07) is 4.88. The molecule has 110 valence electrons. The van der Waals surface area contributed by atoms with Crippen LogP contribution in [0.5, 0.6) is 0 Å². The van der Waals surface area contributed by atoms with E-state index in [9.17, 15) is 15.2 Å². The second kappa shape index (κ2) is 6.10. The molecular weight excluding hydrogens is 324 g/mol. The Morgan fingerprint density at radius 1 is 1.50 bits per heavy atom. The van der Waals surface area contributed by atoms with Crippen molar-refractivity contribution in [1.82, 2.24) is 0 Å². The lowest BCUT2D eigenvalue weighted by Gasteiger charge is -2.35. The number of nitro benzene ring substituents is 1. The highest BCUT2D eigenvalue weighted by atomic mass is 79.9. The van der Waals surface area contributed by atoms with Gasteiger partial charge in [0, 0.05) is 17.1 Å². The van der Waals surface area contributed by atoms with Crippen LogP contribution in [0.1, 0.15) is 32.6 Å². The van der Waals surface area contributed by atoms with E-state index in [1.54, 1.807) is 12.1 Å². The predicted molar refractivity (Wildman–Crippen MR) is 81.9 cm³/mol. The summed E-state index contributed by atoms with van der Waals surface area (Å²) in [7, 11) is 0. The van der Waals surface area contributed by atoms with Crippen LogP contribution < -0.4 is 5.32 Å². The number of halogens is 1. The van der Waals surface area contributed by atoms with Gasteiger partial charge in [-0.1, -0.05) is 22.9 Å². The average molecular weight is 343 g/mol. The van der Waals surface area contributed by atoms with Gasteiger partial charge in [0.25, 0.3) is 5.69 Å². The normalized spacial score (nSPS) is 26.2. The van der Waals surface area contributed by atoms with Crippen molar-refractivity contribution in [2.24, 2.45) is 5.92 Å². The molecule has 20 heavy (non-hydrogen) atoms. The zero-order chi connectivity index (χ0) is 14.8. The number of nitro groups is 1. The minimum absolute atomic E-state index is 0.0205. The average Bonchev–Trinajstić information content (AvgIpc) is 2.41. The van der Waals surface area contributed by atoms with E-state index in [0.29, 0.717) is 22.6 Å². The summed E-state index contributed by atoms with van der Waals surface area (Å²) in [6.07, 6.45) is 3.48. The Kier molecular flexibility index (Phi) is 4.65. The molecule has 0 aliphatic heterocycles. The summed E-state index contributed by atoms with van der Waals surface area (Å²) >= 11 is 3.23. The first-order valence-electron chi connectivity index (χ1n) is 6.80. The van der Waals surface area contributed by atoms with Crippen molar-refractivity contribution in [2.75, 3.05) is 11.9 Å². The lowest BCUT2D eigenvalue weighted by molar-refractivity contribution is -0.384. The zero-order valence-electron chi connectivity index (χ0n) is 11.4. The van der Waals surface area contributed by atoms with E-state index in [2.05, 4.69) is 28.2 Å². The second-order valence-electron chi connectivity index (χ2n) is 5.68. The molecule has 0 aromatic heterocycles. The van der Waals surface area contributed by atoms with Gasteiger partial charge in [-0.15, -0.1) is 0 Å². The highest BCUT2D eigenvalue weighted by Gasteiger charge is 2.32. The van der Waals surface area contributed by atoms with Crippen LogP contribution in [0.2, 0.25) is 0 Å². The topological polar surface area (TPSA) is 75.4 Å². The van der Waals surface area contributed by atoms with Crippen molar-refractivity contribution in [3.8, 4) is 0 Å². The molecule has 0 radical (unpaired) electrons. The van der Waals surface area contributed by atoms with Gasteiger partial charge in [-0.3, -0.25) is 10.1 Å². The molecule has 0 spiro atoms. The van der Waals surface area contributed by atoms with Gasteiger partial charge in [0.05, 0.1) is 10.5 Å². The zero-order valence-corrected chi connectivity index (χ0v) is 13.0. The fourth-order valence-corrected chi connectivity index (χ4v) is 2.89. The molecule has 1 aromatic rings. The maximum atomic E-state index is 11.0. The summed E-state index contributed by atoms with van der Waals surface area (Å²) in [5, 5.41) is 24.6. The molecule has 0 amide bonds. The number of nitrogens with zero attached hydrogens (tertiary/aromatic N) is 1. The smallest absolute Gasteiger partial charge is 0.293 e. The van der Waals surface area contributed by atoms with Gasteiger partial charge in [-0.2, -0.15) is 0 Å². The molecular formula is C14H19BrN2O3. The van der Waals surface area contributed by atoms with Gasteiger partial charge in [-0.25, -0.2) is 0 Å². The summed E-state index contributed by atoms with van der Waals surface area (Å²) in [6.45, 7) is 2.54. The van der Waals surface area contributed by atoms with E-state index >= 15 is 0 Å². The minimum Gasteiger partial charge on any atom is -0.388 e. The number of rotatable bonds is 4. The highest BCUT2D eigenvalue weighted by molar-refractivity contribution is 9.10. The first-order chi connectivity index (χ1) is 9.39. The second-order valence-corrected chi connectivity index (χ2v) is 6.59. The van der Waals surface area contributed by atoms with Crippen molar-refractivity contribution >= 4 is 27.3 Å². The number of aliphatic hydroxyl groups is 1. The van der Waals surface area contributed by atoms with Crippen molar-refractivity contribution in [1.29, 1.82) is 0 Å². The fourth-order valence-electron chi connectivity index (χ4n) is 2.54. The Balaban J connectivity index is 2.05. The maximum Gasteiger partial charge on any atom is 0.293 e. The van der Waals surface area contributed by atoms with Crippen molar-refractivity contribution in [2.45, 2.75) is 38.2 Å². The molecule has 2 rings (SSSR count). The summed E-state index contributed by atoms with van der Waals surface area (Å²) in [5.41, 5.74) is -0.287. The SMILES string of the molecule is CC1CCC(O)(CNc2ccc(Br)cc2[N+](=O)[O-])CC1. The predicted octanol–water partition coefficient (Wildman–Crippen LogP) is 3.71. The van der Waals surface area contributed by atoms with E-state index in [4.69, 9.17) is 0 Å². The molecule has 6 heteroatoms. The Labute approximate surface area is 126 Å². The minimum atomic E-state index is -0.756. The van der Waals surface area contributed by atoms with Crippen molar-refractivity contribution in [3.05, 3.63) is 32.8 Å². The van der Waals surface area contributed by atoms with E-state index in [1.807, 2.05) is 0 Å². The Morgan fingerprint density at radius 2 is 2.15 bits per heavy atom. The molecule has 0 saturated heterocycles. The molecule has 1 aromatic carbocycles. The fraction of sp³-hybridized carbons (Fsp3) is 0.571. The molecule has 0 bridgehead atoms. The molecule has 1 aliphatic rings. The molecule has 0 unspecified atom stereocenters. The lowest BCUT2D eigenvalue weighted by atomic mass is 9.79. The Morgan fingerprint density at radius 3 is 2.75 bits per heavy atom. The maximum absolute atomic E-state index is 11.0. The van der Waals surface area contributed by atoms with Crippen LogP contribution in [0.4, 0.5) is 11.4 Å². The quantitative estimate of drug-likeness (QED) is 0.645. The molecule has 1 aliphatic carbocycles. The first-order valence-corrected chi connectivity index (χ1v) is 7.59. The van der Waals surface area contributed by atoms with Gasteiger partial charge in [0.15, 0.2) is 0 Å². The van der Waals surface area contributed by atoms with Gasteiger partial charge >= 0.3 is 0 Å². The Hall–Kier alpha value is -1.14.